The first-order valence-electron chi connectivity index (χ1n) is 19.3. The lowest BCUT2D eigenvalue weighted by Crippen LogP contribution is -2.68. The second-order valence-electron chi connectivity index (χ2n) is 14.0. The average Bonchev–Trinajstić information content (AvgIpc) is 3.25. The summed E-state index contributed by atoms with van der Waals surface area (Å²) >= 11 is 0. The van der Waals surface area contributed by atoms with Crippen LogP contribution in [0.15, 0.2) is 0 Å². The first-order valence-corrected chi connectivity index (χ1v) is 19.3. The van der Waals surface area contributed by atoms with Crippen LogP contribution >= 0.6 is 0 Å². The van der Waals surface area contributed by atoms with Crippen LogP contribution in [0, 0.1) is 0 Å². The maximum Gasteiger partial charge on any atom is 0.337 e. The van der Waals surface area contributed by atoms with Crippen molar-refractivity contribution in [3.05, 3.63) is 0 Å². The molecule has 0 bridgehead atoms. The van der Waals surface area contributed by atoms with Crippen molar-refractivity contribution in [2.45, 2.75) is 123 Å². The van der Waals surface area contributed by atoms with E-state index in [1.165, 1.54) is 64.0 Å². The molecule has 21 nitrogen and oxygen atoms in total. The van der Waals surface area contributed by atoms with Gasteiger partial charge in [-0.3, -0.25) is 0 Å². The lowest BCUT2D eigenvalue weighted by atomic mass is 9.95. The molecule has 0 saturated carbocycles. The smallest absolute Gasteiger partial charge is 0.337 e. The Bertz CT molecular complexity index is 1160. The molecule has 0 amide bonds. The molecular weight excluding hydrogens is 792 g/mol. The van der Waals surface area contributed by atoms with E-state index in [-0.39, 0.29) is 19.8 Å². The van der Waals surface area contributed by atoms with E-state index < -0.39 is 123 Å². The van der Waals surface area contributed by atoms with Gasteiger partial charge in [0.2, 0.25) is 0 Å². The molecule has 3 saturated heterocycles. The van der Waals surface area contributed by atoms with E-state index in [4.69, 9.17) is 94.7 Å². The van der Waals surface area contributed by atoms with Crippen LogP contribution in [-0.4, -0.2) is 242 Å². The SMILES string of the molecule is COC[C@H](OC)[C@@H](O[C@@H]1O[C@@H](C)[C@H](O[C@@H]2O[C@H](COC)[C@@H](O[C@H]3O[C@H](C(=O)OC)[C@@H](OC)[C@H](OC)[C@H]3OC)[C@H](OC)[C@H]2OC)[C@@H](OC)[C@H]1OC)[C@@H](OC)[C@@H](COC)OC. The van der Waals surface area contributed by atoms with Crippen LogP contribution in [0.1, 0.15) is 6.92 Å². The van der Waals surface area contributed by atoms with Crippen molar-refractivity contribution in [2.75, 3.05) is 119 Å². The van der Waals surface area contributed by atoms with Crippen LogP contribution in [0.4, 0.5) is 0 Å². The van der Waals surface area contributed by atoms with Gasteiger partial charge in [-0.25, -0.2) is 4.79 Å². The highest BCUT2D eigenvalue weighted by atomic mass is 16.8. The maximum atomic E-state index is 12.9. The summed E-state index contributed by atoms with van der Waals surface area (Å²) in [4.78, 5) is 12.9. The summed E-state index contributed by atoms with van der Waals surface area (Å²) in [7, 11) is 20.9. The largest absolute Gasteiger partial charge is 0.467 e. The Morgan fingerprint density at radius 2 is 0.932 bits per heavy atom. The quantitative estimate of drug-likeness (QED) is 0.102. The van der Waals surface area contributed by atoms with Crippen molar-refractivity contribution in [1.29, 1.82) is 0 Å². The summed E-state index contributed by atoms with van der Waals surface area (Å²) in [6.45, 7) is 2.21. The number of carbonyl (C=O) groups is 1. The molecule has 348 valence electrons. The summed E-state index contributed by atoms with van der Waals surface area (Å²) in [5.74, 6) is -0.687. The highest BCUT2D eigenvalue weighted by molar-refractivity contribution is 5.75. The highest BCUT2D eigenvalue weighted by Crippen LogP contribution is 2.37. The fourth-order valence-electron chi connectivity index (χ4n) is 8.01. The van der Waals surface area contributed by atoms with Gasteiger partial charge in [-0.05, 0) is 6.92 Å². The van der Waals surface area contributed by atoms with Crippen molar-refractivity contribution < 1.29 is 99.5 Å². The van der Waals surface area contributed by atoms with Gasteiger partial charge in [-0.1, -0.05) is 0 Å². The van der Waals surface area contributed by atoms with Crippen molar-refractivity contribution >= 4 is 5.97 Å². The molecule has 0 radical (unpaired) electrons. The number of ether oxygens (including phenoxy) is 20. The van der Waals surface area contributed by atoms with Gasteiger partial charge in [0.05, 0.1) is 33.0 Å². The first-order chi connectivity index (χ1) is 28.5. The van der Waals surface area contributed by atoms with Crippen molar-refractivity contribution in [3.8, 4) is 0 Å². The fourth-order valence-corrected chi connectivity index (χ4v) is 8.01. The number of esters is 1. The van der Waals surface area contributed by atoms with Gasteiger partial charge < -0.3 is 94.7 Å². The van der Waals surface area contributed by atoms with Crippen LogP contribution in [0.5, 0.6) is 0 Å². The minimum atomic E-state index is -1.21. The standard InChI is InChI=1S/C38H70O21/c1-19-23(27(46-8)32(50-12)36(54-19)57-25(21(44-6)17-41-3)24(45-7)20(43-5)16-40-2)56-37-33(51-13)28(47-9)26(22(55-37)18-42-4)58-38-34(52-14)30(49-11)29(48-10)31(59-38)35(39)53-15/h19-34,36-38H,16-18H2,1-15H3/t19-,20+,21-,22+,23-,24-,25+,26+,27+,28-,29-,30-,31-,32+,33+,34+,36-,37-,38-/m0/s1. The Hall–Kier alpha value is -1.29. The van der Waals surface area contributed by atoms with Gasteiger partial charge in [0.1, 0.15) is 85.5 Å². The van der Waals surface area contributed by atoms with E-state index in [1.807, 2.05) is 6.92 Å². The molecule has 3 heterocycles. The van der Waals surface area contributed by atoms with Crippen LogP contribution in [0.3, 0.4) is 0 Å². The van der Waals surface area contributed by atoms with Gasteiger partial charge in [0.25, 0.3) is 0 Å². The Morgan fingerprint density at radius 1 is 0.475 bits per heavy atom. The highest BCUT2D eigenvalue weighted by Gasteiger charge is 2.57. The molecule has 0 unspecified atom stereocenters. The summed E-state index contributed by atoms with van der Waals surface area (Å²) in [5.41, 5.74) is 0. The van der Waals surface area contributed by atoms with E-state index in [0.29, 0.717) is 0 Å². The third-order valence-corrected chi connectivity index (χ3v) is 11.0. The lowest BCUT2D eigenvalue weighted by Gasteiger charge is -2.51. The van der Waals surface area contributed by atoms with E-state index in [9.17, 15) is 4.79 Å². The normalized spacial score (nSPS) is 37.4. The third-order valence-electron chi connectivity index (χ3n) is 11.0. The minimum Gasteiger partial charge on any atom is -0.467 e. The Morgan fingerprint density at radius 3 is 1.39 bits per heavy atom. The molecule has 0 N–H and O–H groups in total. The van der Waals surface area contributed by atoms with Gasteiger partial charge in [0.15, 0.2) is 25.0 Å². The zero-order chi connectivity index (χ0) is 43.8. The molecular formula is C38H70O21. The average molecular weight is 863 g/mol. The third kappa shape index (κ3) is 12.3. The topological polar surface area (TPSA) is 202 Å². The summed E-state index contributed by atoms with van der Waals surface area (Å²) < 4.78 is 119. The maximum absolute atomic E-state index is 12.9. The summed E-state index contributed by atoms with van der Waals surface area (Å²) in [5, 5.41) is 0. The van der Waals surface area contributed by atoms with Gasteiger partial charge >= 0.3 is 5.97 Å². The fraction of sp³-hybridized carbons (Fsp3) is 0.974. The van der Waals surface area contributed by atoms with Crippen LogP contribution in [-0.2, 0) is 99.5 Å². The van der Waals surface area contributed by atoms with Crippen molar-refractivity contribution in [1.82, 2.24) is 0 Å². The van der Waals surface area contributed by atoms with Crippen molar-refractivity contribution in [3.63, 3.8) is 0 Å². The molecule has 0 aromatic heterocycles. The first kappa shape index (κ1) is 52.1. The van der Waals surface area contributed by atoms with Gasteiger partial charge in [0, 0.05) is 92.4 Å². The molecule has 3 aliphatic heterocycles. The van der Waals surface area contributed by atoms with Crippen LogP contribution in [0.2, 0.25) is 0 Å². The van der Waals surface area contributed by atoms with Crippen LogP contribution in [0.25, 0.3) is 0 Å². The number of carbonyl (C=O) groups excluding carboxylic acids is 1. The van der Waals surface area contributed by atoms with E-state index >= 15 is 0 Å². The predicted octanol–water partition coefficient (Wildman–Crippen LogP) is -0.401. The molecule has 0 aromatic carbocycles. The van der Waals surface area contributed by atoms with E-state index in [1.54, 1.807) is 35.5 Å². The summed E-state index contributed by atoms with van der Waals surface area (Å²) in [6, 6.07) is 0. The monoisotopic (exact) mass is 862 g/mol. The number of rotatable bonds is 26. The Balaban J connectivity index is 1.94. The molecule has 3 aliphatic rings. The summed E-state index contributed by atoms with van der Waals surface area (Å²) in [6.07, 6.45) is -16.3. The second kappa shape index (κ2) is 26.4. The van der Waals surface area contributed by atoms with E-state index in [0.717, 1.165) is 0 Å². The van der Waals surface area contributed by atoms with E-state index in [2.05, 4.69) is 0 Å². The Kier molecular flexibility index (Phi) is 23.3. The molecule has 3 fully saturated rings. The zero-order valence-electron chi connectivity index (χ0n) is 37.2. The van der Waals surface area contributed by atoms with Gasteiger partial charge in [-0.15, -0.1) is 0 Å². The van der Waals surface area contributed by atoms with Crippen molar-refractivity contribution in [2.24, 2.45) is 0 Å². The molecule has 0 aromatic rings. The lowest BCUT2D eigenvalue weighted by molar-refractivity contribution is -0.386. The number of hydrogen-bond acceptors (Lipinski definition) is 21. The predicted molar refractivity (Wildman–Crippen MR) is 202 cm³/mol. The molecule has 0 aliphatic carbocycles. The number of methoxy groups -OCH3 is 14. The molecule has 59 heavy (non-hydrogen) atoms. The van der Waals surface area contributed by atoms with Crippen LogP contribution < -0.4 is 0 Å². The molecule has 19 atom stereocenters. The number of hydrogen-bond donors (Lipinski definition) is 0. The second-order valence-corrected chi connectivity index (χ2v) is 14.0. The molecule has 0 spiro atoms. The molecule has 21 heteroatoms. The zero-order valence-corrected chi connectivity index (χ0v) is 37.2. The van der Waals surface area contributed by atoms with Gasteiger partial charge in [-0.2, -0.15) is 0 Å². The molecule has 3 rings (SSSR count). The minimum absolute atomic E-state index is 0.0246. The Labute approximate surface area is 348 Å².